The molecule has 0 heterocycles. The van der Waals surface area contributed by atoms with Crippen molar-refractivity contribution < 1.29 is 19.0 Å². The van der Waals surface area contributed by atoms with E-state index in [1.54, 1.807) is 12.1 Å². The number of hydrogen-bond acceptors (Lipinski definition) is 3. The van der Waals surface area contributed by atoms with Crippen molar-refractivity contribution in [3.05, 3.63) is 53.3 Å². The Labute approximate surface area is 122 Å². The number of carbonyl (C=O) groups is 1. The second-order valence-electron chi connectivity index (χ2n) is 4.97. The molecule has 0 spiro atoms. The van der Waals surface area contributed by atoms with Crippen LogP contribution in [-0.2, 0) is 0 Å². The highest BCUT2D eigenvalue weighted by atomic mass is 19.1. The van der Waals surface area contributed by atoms with Gasteiger partial charge in [-0.25, -0.2) is 9.18 Å². The molecule has 5 heteroatoms. The van der Waals surface area contributed by atoms with E-state index in [0.29, 0.717) is 5.75 Å². The highest BCUT2D eigenvalue weighted by Gasteiger charge is 2.16. The number of anilines is 1. The zero-order valence-corrected chi connectivity index (χ0v) is 11.8. The fourth-order valence-electron chi connectivity index (χ4n) is 2.00. The Morgan fingerprint density at radius 2 is 1.90 bits per heavy atom. The number of aromatic carboxylic acids is 1. The van der Waals surface area contributed by atoms with Crippen LogP contribution in [-0.4, -0.2) is 11.1 Å². The molecule has 0 atom stereocenters. The molecule has 0 saturated heterocycles. The van der Waals surface area contributed by atoms with E-state index in [2.05, 4.69) is 0 Å². The van der Waals surface area contributed by atoms with Crippen molar-refractivity contribution in [1.29, 1.82) is 0 Å². The predicted octanol–water partition coefficient (Wildman–Crippen LogP) is 4.02. The summed E-state index contributed by atoms with van der Waals surface area (Å²) in [5.41, 5.74) is 6.07. The third kappa shape index (κ3) is 3.13. The minimum atomic E-state index is -1.23. The number of nitrogen functional groups attached to an aromatic ring is 1. The summed E-state index contributed by atoms with van der Waals surface area (Å²) < 4.78 is 19.5. The van der Waals surface area contributed by atoms with Crippen molar-refractivity contribution in [2.75, 3.05) is 5.73 Å². The van der Waals surface area contributed by atoms with E-state index in [4.69, 9.17) is 15.6 Å². The summed E-state index contributed by atoms with van der Waals surface area (Å²) >= 11 is 0. The molecule has 0 unspecified atom stereocenters. The van der Waals surface area contributed by atoms with E-state index in [9.17, 15) is 9.18 Å². The first-order valence-corrected chi connectivity index (χ1v) is 6.49. The number of ether oxygens (including phenoxy) is 1. The second-order valence-corrected chi connectivity index (χ2v) is 4.97. The highest BCUT2D eigenvalue weighted by Crippen LogP contribution is 2.33. The third-order valence-corrected chi connectivity index (χ3v) is 3.10. The van der Waals surface area contributed by atoms with E-state index in [-0.39, 0.29) is 22.9 Å². The molecule has 0 saturated carbocycles. The predicted molar refractivity (Wildman–Crippen MR) is 78.4 cm³/mol. The largest absolute Gasteiger partial charge is 0.478 e. The quantitative estimate of drug-likeness (QED) is 0.834. The van der Waals surface area contributed by atoms with Gasteiger partial charge in [-0.15, -0.1) is 0 Å². The van der Waals surface area contributed by atoms with Crippen LogP contribution in [0.25, 0.3) is 0 Å². The van der Waals surface area contributed by atoms with Gasteiger partial charge in [0.1, 0.15) is 5.75 Å². The normalized spacial score (nSPS) is 10.7. The minimum absolute atomic E-state index is 0.135. The maximum atomic E-state index is 13.9. The molecule has 3 N–H and O–H groups in total. The number of carboxylic acids is 1. The molecule has 110 valence electrons. The first kappa shape index (κ1) is 14.8. The zero-order valence-electron chi connectivity index (χ0n) is 11.8. The van der Waals surface area contributed by atoms with Crippen molar-refractivity contribution in [3.63, 3.8) is 0 Å². The molecule has 0 radical (unpaired) electrons. The van der Waals surface area contributed by atoms with Gasteiger partial charge in [-0.3, -0.25) is 0 Å². The van der Waals surface area contributed by atoms with Crippen LogP contribution in [0, 0.1) is 5.82 Å². The topological polar surface area (TPSA) is 72.5 Å². The molecule has 0 aromatic heterocycles. The van der Waals surface area contributed by atoms with Gasteiger partial charge in [0.05, 0.1) is 5.56 Å². The number of nitrogens with two attached hydrogens (primary N) is 1. The average molecular weight is 289 g/mol. The van der Waals surface area contributed by atoms with Gasteiger partial charge in [-0.2, -0.15) is 0 Å². The summed E-state index contributed by atoms with van der Waals surface area (Å²) in [6.45, 7) is 3.98. The molecule has 0 bridgehead atoms. The molecule has 4 nitrogen and oxygen atoms in total. The maximum Gasteiger partial charge on any atom is 0.337 e. The van der Waals surface area contributed by atoms with Gasteiger partial charge in [0.15, 0.2) is 11.6 Å². The van der Waals surface area contributed by atoms with Gasteiger partial charge < -0.3 is 15.6 Å². The van der Waals surface area contributed by atoms with Crippen LogP contribution in [0.2, 0.25) is 0 Å². The van der Waals surface area contributed by atoms with Gasteiger partial charge in [0, 0.05) is 17.8 Å². The molecular formula is C16H16FNO3. The number of rotatable bonds is 4. The summed E-state index contributed by atoms with van der Waals surface area (Å²) in [5, 5.41) is 9.03. The van der Waals surface area contributed by atoms with Crippen LogP contribution >= 0.6 is 0 Å². The van der Waals surface area contributed by atoms with E-state index in [1.807, 2.05) is 26.0 Å². The Kier molecular flexibility index (Phi) is 4.12. The summed E-state index contributed by atoms with van der Waals surface area (Å²) in [6, 6.07) is 9.29. The Bertz CT molecular complexity index is 683. The molecule has 21 heavy (non-hydrogen) atoms. The van der Waals surface area contributed by atoms with Crippen LogP contribution in [0.15, 0.2) is 36.4 Å². The fraction of sp³-hybridized carbons (Fsp3) is 0.188. The van der Waals surface area contributed by atoms with Crippen LogP contribution < -0.4 is 10.5 Å². The molecule has 2 aromatic carbocycles. The van der Waals surface area contributed by atoms with E-state index < -0.39 is 11.8 Å². The van der Waals surface area contributed by atoms with Crippen molar-refractivity contribution in [1.82, 2.24) is 0 Å². The Morgan fingerprint density at radius 3 is 2.52 bits per heavy atom. The standard InChI is InChI=1S/C16H16FNO3/c1-9(2)10-5-3-4-6-14(10)21-15-7-11(16(19)20)13(18)8-12(15)17/h3-9H,18H2,1-2H3,(H,19,20). The lowest BCUT2D eigenvalue weighted by Gasteiger charge is -2.14. The molecule has 2 rings (SSSR count). The van der Waals surface area contributed by atoms with Crippen LogP contribution in [0.1, 0.15) is 35.7 Å². The molecule has 0 aliphatic heterocycles. The van der Waals surface area contributed by atoms with Crippen molar-refractivity contribution in [2.24, 2.45) is 0 Å². The second kappa shape index (κ2) is 5.83. The number of benzene rings is 2. The van der Waals surface area contributed by atoms with Gasteiger partial charge in [0.2, 0.25) is 0 Å². The third-order valence-electron chi connectivity index (χ3n) is 3.10. The lowest BCUT2D eigenvalue weighted by atomic mass is 10.0. The van der Waals surface area contributed by atoms with E-state index in [0.717, 1.165) is 17.7 Å². The van der Waals surface area contributed by atoms with Crippen LogP contribution in [0.3, 0.4) is 0 Å². The van der Waals surface area contributed by atoms with Gasteiger partial charge in [0.25, 0.3) is 0 Å². The summed E-state index contributed by atoms with van der Waals surface area (Å²) in [7, 11) is 0. The first-order chi connectivity index (χ1) is 9.90. The van der Waals surface area contributed by atoms with Crippen LogP contribution in [0.5, 0.6) is 11.5 Å². The van der Waals surface area contributed by atoms with Gasteiger partial charge in [-0.1, -0.05) is 32.0 Å². The van der Waals surface area contributed by atoms with Crippen molar-refractivity contribution >= 4 is 11.7 Å². The van der Waals surface area contributed by atoms with Crippen molar-refractivity contribution in [3.8, 4) is 11.5 Å². The number of halogens is 1. The zero-order chi connectivity index (χ0) is 15.6. The highest BCUT2D eigenvalue weighted by molar-refractivity contribution is 5.94. The Morgan fingerprint density at radius 1 is 1.24 bits per heavy atom. The lowest BCUT2D eigenvalue weighted by molar-refractivity contribution is 0.0697. The van der Waals surface area contributed by atoms with Crippen molar-refractivity contribution in [2.45, 2.75) is 19.8 Å². The fourth-order valence-corrected chi connectivity index (χ4v) is 2.00. The SMILES string of the molecule is CC(C)c1ccccc1Oc1cc(C(=O)O)c(N)cc1F. The monoisotopic (exact) mass is 289 g/mol. The number of carboxylic acid groups (broad SMARTS) is 1. The Hall–Kier alpha value is -2.56. The summed E-state index contributed by atoms with van der Waals surface area (Å²) in [4.78, 5) is 11.1. The molecule has 2 aromatic rings. The van der Waals surface area contributed by atoms with E-state index in [1.165, 1.54) is 0 Å². The average Bonchev–Trinajstić information content (AvgIpc) is 2.41. The molecule has 0 aliphatic rings. The molecule has 0 amide bonds. The number of hydrogen-bond donors (Lipinski definition) is 2. The molecular weight excluding hydrogens is 273 g/mol. The molecule has 0 aliphatic carbocycles. The van der Waals surface area contributed by atoms with Crippen LogP contribution in [0.4, 0.5) is 10.1 Å². The van der Waals surface area contributed by atoms with Gasteiger partial charge >= 0.3 is 5.97 Å². The lowest BCUT2D eigenvalue weighted by Crippen LogP contribution is -2.04. The van der Waals surface area contributed by atoms with E-state index >= 15 is 0 Å². The summed E-state index contributed by atoms with van der Waals surface area (Å²) in [5.74, 6) is -1.40. The Balaban J connectivity index is 2.45. The first-order valence-electron chi connectivity index (χ1n) is 6.49. The minimum Gasteiger partial charge on any atom is -0.478 e. The molecule has 0 fully saturated rings. The smallest absolute Gasteiger partial charge is 0.337 e. The summed E-state index contributed by atoms with van der Waals surface area (Å²) in [6.07, 6.45) is 0. The maximum absolute atomic E-state index is 13.9. The van der Waals surface area contributed by atoms with Gasteiger partial charge in [-0.05, 0) is 17.5 Å². The number of para-hydroxylation sites is 1.